The van der Waals surface area contributed by atoms with Crippen LogP contribution in [-0.2, 0) is 19.5 Å². The van der Waals surface area contributed by atoms with E-state index in [2.05, 4.69) is 24.4 Å². The van der Waals surface area contributed by atoms with Crippen molar-refractivity contribution in [3.05, 3.63) is 51.5 Å². The Bertz CT molecular complexity index is 539. The smallest absolute Gasteiger partial charge is 0.131 e. The first-order valence-electron chi connectivity index (χ1n) is 6.33. The van der Waals surface area contributed by atoms with E-state index in [-0.39, 0.29) is 5.82 Å². The molecule has 0 unspecified atom stereocenters. The van der Waals surface area contributed by atoms with Gasteiger partial charge in [-0.05, 0) is 24.6 Å². The fraction of sp³-hybridized carbons (Fsp3) is 0.333. The molecule has 19 heavy (non-hydrogen) atoms. The summed E-state index contributed by atoms with van der Waals surface area (Å²) in [6.07, 6.45) is 1.07. The molecule has 0 atom stereocenters. The molecule has 1 heterocycles. The largest absolute Gasteiger partial charge is 0.497 e. The molecule has 0 aliphatic heterocycles. The summed E-state index contributed by atoms with van der Waals surface area (Å²) in [6, 6.07) is 9.22. The average molecular weight is 279 g/mol. The zero-order valence-corrected chi connectivity index (χ0v) is 12.0. The molecule has 1 N–H and O–H groups in total. The van der Waals surface area contributed by atoms with E-state index in [4.69, 9.17) is 4.74 Å². The number of nitrogens with one attached hydrogen (secondary N) is 1. The maximum absolute atomic E-state index is 13.7. The number of methoxy groups -OCH3 is 1. The number of rotatable bonds is 6. The summed E-state index contributed by atoms with van der Waals surface area (Å²) in [5, 5.41) is 3.26. The van der Waals surface area contributed by atoms with E-state index < -0.39 is 0 Å². The third-order valence-electron chi connectivity index (χ3n) is 2.94. The number of hydrogen-bond donors (Lipinski definition) is 1. The van der Waals surface area contributed by atoms with Crippen LogP contribution in [0.15, 0.2) is 30.3 Å². The third kappa shape index (κ3) is 3.78. The van der Waals surface area contributed by atoms with Crippen LogP contribution in [0.3, 0.4) is 0 Å². The Hall–Kier alpha value is -1.39. The van der Waals surface area contributed by atoms with Gasteiger partial charge in [0.2, 0.25) is 0 Å². The Morgan fingerprint density at radius 1 is 1.16 bits per heavy atom. The van der Waals surface area contributed by atoms with Gasteiger partial charge in [-0.15, -0.1) is 11.3 Å². The van der Waals surface area contributed by atoms with E-state index >= 15 is 0 Å². The van der Waals surface area contributed by atoms with E-state index in [1.165, 1.54) is 22.9 Å². The highest BCUT2D eigenvalue weighted by molar-refractivity contribution is 7.11. The van der Waals surface area contributed by atoms with Gasteiger partial charge in [0.1, 0.15) is 11.6 Å². The molecule has 1 aromatic carbocycles. The number of ether oxygens (including phenoxy) is 1. The summed E-state index contributed by atoms with van der Waals surface area (Å²) in [7, 11) is 1.54. The van der Waals surface area contributed by atoms with Crippen molar-refractivity contribution in [1.82, 2.24) is 5.32 Å². The highest BCUT2D eigenvalue weighted by Gasteiger charge is 2.04. The fourth-order valence-corrected chi connectivity index (χ4v) is 2.75. The molecule has 2 aromatic rings. The molecule has 2 rings (SSSR count). The fourth-order valence-electron chi connectivity index (χ4n) is 1.83. The van der Waals surface area contributed by atoms with E-state index in [0.717, 1.165) is 13.0 Å². The van der Waals surface area contributed by atoms with E-state index in [0.29, 0.717) is 17.9 Å². The van der Waals surface area contributed by atoms with Crippen molar-refractivity contribution in [2.45, 2.75) is 26.4 Å². The lowest BCUT2D eigenvalue weighted by atomic mass is 10.2. The minimum atomic E-state index is -0.229. The molecule has 0 radical (unpaired) electrons. The lowest BCUT2D eigenvalue weighted by Crippen LogP contribution is -2.12. The molecule has 0 saturated heterocycles. The first-order chi connectivity index (χ1) is 9.22. The molecule has 1 aromatic heterocycles. The molecular formula is C15H18FNOS. The van der Waals surface area contributed by atoms with Crippen LogP contribution in [0, 0.1) is 5.82 Å². The second-order valence-corrected chi connectivity index (χ2v) is 5.54. The first-order valence-corrected chi connectivity index (χ1v) is 7.15. The van der Waals surface area contributed by atoms with Crippen LogP contribution in [0.25, 0.3) is 0 Å². The standard InChI is InChI=1S/C15H18FNOS/c1-3-13-6-7-14(19-13)10-17-9-11-4-5-12(18-2)8-15(11)16/h4-8,17H,3,9-10H2,1-2H3. The average Bonchev–Trinajstić information content (AvgIpc) is 2.88. The number of thiophene rings is 1. The Labute approximate surface area is 117 Å². The van der Waals surface area contributed by atoms with Crippen molar-refractivity contribution < 1.29 is 9.13 Å². The maximum atomic E-state index is 13.7. The molecule has 0 aliphatic rings. The Kier molecular flexibility index (Phi) is 4.93. The molecule has 102 valence electrons. The molecule has 0 aliphatic carbocycles. The number of aryl methyl sites for hydroxylation is 1. The van der Waals surface area contributed by atoms with Gasteiger partial charge < -0.3 is 10.1 Å². The summed E-state index contributed by atoms with van der Waals surface area (Å²) in [5.74, 6) is 0.319. The molecule has 0 spiro atoms. The number of benzene rings is 1. The second-order valence-electron chi connectivity index (χ2n) is 4.28. The predicted molar refractivity (Wildman–Crippen MR) is 77.2 cm³/mol. The minimum absolute atomic E-state index is 0.229. The highest BCUT2D eigenvalue weighted by atomic mass is 32.1. The van der Waals surface area contributed by atoms with Crippen LogP contribution in [0.5, 0.6) is 5.75 Å². The summed E-state index contributed by atoms with van der Waals surface area (Å²) in [4.78, 5) is 2.66. The summed E-state index contributed by atoms with van der Waals surface area (Å²) in [5.41, 5.74) is 0.660. The SMILES string of the molecule is CCc1ccc(CNCc2ccc(OC)cc2F)s1. The minimum Gasteiger partial charge on any atom is -0.497 e. The van der Waals surface area contributed by atoms with Crippen molar-refractivity contribution in [1.29, 1.82) is 0 Å². The molecule has 4 heteroatoms. The van der Waals surface area contributed by atoms with Gasteiger partial charge in [0.25, 0.3) is 0 Å². The van der Waals surface area contributed by atoms with Gasteiger partial charge in [-0.2, -0.15) is 0 Å². The Balaban J connectivity index is 1.88. The summed E-state index contributed by atoms with van der Waals surface area (Å²) >= 11 is 1.80. The summed E-state index contributed by atoms with van der Waals surface area (Å²) < 4.78 is 18.7. The van der Waals surface area contributed by atoms with Crippen LogP contribution < -0.4 is 10.1 Å². The van der Waals surface area contributed by atoms with Crippen LogP contribution in [0.2, 0.25) is 0 Å². The Morgan fingerprint density at radius 3 is 2.58 bits per heavy atom. The van der Waals surface area contributed by atoms with Gasteiger partial charge in [-0.3, -0.25) is 0 Å². The zero-order chi connectivity index (χ0) is 13.7. The zero-order valence-electron chi connectivity index (χ0n) is 11.2. The lowest BCUT2D eigenvalue weighted by molar-refractivity contribution is 0.410. The highest BCUT2D eigenvalue weighted by Crippen LogP contribution is 2.18. The molecule has 0 fully saturated rings. The topological polar surface area (TPSA) is 21.3 Å². The van der Waals surface area contributed by atoms with Crippen molar-refractivity contribution in [2.24, 2.45) is 0 Å². The van der Waals surface area contributed by atoms with Gasteiger partial charge in [-0.25, -0.2) is 4.39 Å². The quantitative estimate of drug-likeness (QED) is 0.869. The van der Waals surface area contributed by atoms with Crippen LogP contribution >= 0.6 is 11.3 Å². The van der Waals surface area contributed by atoms with Crippen molar-refractivity contribution in [3.8, 4) is 5.75 Å². The predicted octanol–water partition coefficient (Wildman–Crippen LogP) is 3.75. The Morgan fingerprint density at radius 2 is 1.95 bits per heavy atom. The number of halogens is 1. The van der Waals surface area contributed by atoms with Gasteiger partial charge in [0.05, 0.1) is 7.11 Å². The molecule has 2 nitrogen and oxygen atoms in total. The lowest BCUT2D eigenvalue weighted by Gasteiger charge is -2.06. The van der Waals surface area contributed by atoms with Gasteiger partial charge in [0.15, 0.2) is 0 Å². The third-order valence-corrected chi connectivity index (χ3v) is 4.17. The van der Waals surface area contributed by atoms with Crippen molar-refractivity contribution in [2.75, 3.05) is 7.11 Å². The van der Waals surface area contributed by atoms with Gasteiger partial charge in [0, 0.05) is 34.5 Å². The second kappa shape index (κ2) is 6.68. The number of hydrogen-bond acceptors (Lipinski definition) is 3. The van der Waals surface area contributed by atoms with E-state index in [1.807, 2.05) is 0 Å². The molecule has 0 amide bonds. The molecule has 0 saturated carbocycles. The van der Waals surface area contributed by atoms with Crippen molar-refractivity contribution >= 4 is 11.3 Å². The van der Waals surface area contributed by atoms with Gasteiger partial charge in [-0.1, -0.05) is 13.0 Å². The first kappa shape index (κ1) is 14.0. The van der Waals surface area contributed by atoms with Crippen molar-refractivity contribution in [3.63, 3.8) is 0 Å². The van der Waals surface area contributed by atoms with Crippen LogP contribution in [-0.4, -0.2) is 7.11 Å². The van der Waals surface area contributed by atoms with E-state index in [9.17, 15) is 4.39 Å². The summed E-state index contributed by atoms with van der Waals surface area (Å²) in [6.45, 7) is 3.45. The van der Waals surface area contributed by atoms with Gasteiger partial charge >= 0.3 is 0 Å². The normalized spacial score (nSPS) is 10.7. The van der Waals surface area contributed by atoms with E-state index in [1.54, 1.807) is 23.5 Å². The van der Waals surface area contributed by atoms with Crippen LogP contribution in [0.4, 0.5) is 4.39 Å². The molecule has 0 bridgehead atoms. The maximum Gasteiger partial charge on any atom is 0.131 e. The molecular weight excluding hydrogens is 261 g/mol. The van der Waals surface area contributed by atoms with Crippen LogP contribution in [0.1, 0.15) is 22.2 Å². The monoisotopic (exact) mass is 279 g/mol.